The van der Waals surface area contributed by atoms with Gasteiger partial charge >= 0.3 is 0 Å². The van der Waals surface area contributed by atoms with Crippen LogP contribution in [0.5, 0.6) is 0 Å². The van der Waals surface area contributed by atoms with Gasteiger partial charge < -0.3 is 9.80 Å². The highest BCUT2D eigenvalue weighted by Crippen LogP contribution is 2.31. The van der Waals surface area contributed by atoms with Gasteiger partial charge in [-0.1, -0.05) is 6.92 Å². The second-order valence-electron chi connectivity index (χ2n) is 6.81. The first-order chi connectivity index (χ1) is 11.6. The lowest BCUT2D eigenvalue weighted by Gasteiger charge is -2.47. The van der Waals surface area contributed by atoms with Gasteiger partial charge in [0.15, 0.2) is 0 Å². The minimum atomic E-state index is 0.0521. The van der Waals surface area contributed by atoms with Gasteiger partial charge in [-0.2, -0.15) is 5.10 Å². The zero-order valence-corrected chi connectivity index (χ0v) is 14.5. The molecule has 3 heterocycles. The molecule has 0 bridgehead atoms. The van der Waals surface area contributed by atoms with E-state index in [1.807, 2.05) is 24.2 Å². The highest BCUT2D eigenvalue weighted by atomic mass is 16.2. The summed E-state index contributed by atoms with van der Waals surface area (Å²) in [5, 5.41) is 4.10. The van der Waals surface area contributed by atoms with Crippen molar-refractivity contribution in [2.45, 2.75) is 38.6 Å². The van der Waals surface area contributed by atoms with E-state index in [4.69, 9.17) is 0 Å². The van der Waals surface area contributed by atoms with E-state index >= 15 is 0 Å². The second kappa shape index (κ2) is 7.20. The van der Waals surface area contributed by atoms with Crippen LogP contribution in [0, 0.1) is 5.92 Å². The topological polar surface area (TPSA) is 58.4 Å². The second-order valence-corrected chi connectivity index (χ2v) is 6.81. The number of nitrogens with zero attached hydrogens (tertiary/aromatic N) is 4. The highest BCUT2D eigenvalue weighted by molar-refractivity contribution is 5.91. The van der Waals surface area contributed by atoms with Crippen molar-refractivity contribution in [2.75, 3.05) is 19.6 Å². The van der Waals surface area contributed by atoms with Crippen LogP contribution in [0.3, 0.4) is 0 Å². The summed E-state index contributed by atoms with van der Waals surface area (Å²) in [4.78, 5) is 28.6. The molecule has 3 rings (SSSR count). The molecule has 2 aliphatic rings. The van der Waals surface area contributed by atoms with E-state index in [1.165, 1.54) is 0 Å². The maximum Gasteiger partial charge on any atom is 0.246 e. The average molecular weight is 330 g/mol. The maximum atomic E-state index is 12.5. The van der Waals surface area contributed by atoms with E-state index in [9.17, 15) is 9.59 Å². The summed E-state index contributed by atoms with van der Waals surface area (Å²) in [7, 11) is 1.86. The molecule has 2 amide bonds. The Bertz CT molecular complexity index is 637. The van der Waals surface area contributed by atoms with Crippen molar-refractivity contribution in [2.24, 2.45) is 13.0 Å². The quantitative estimate of drug-likeness (QED) is 0.789. The van der Waals surface area contributed by atoms with Crippen LogP contribution >= 0.6 is 0 Å². The molecule has 0 spiro atoms. The highest BCUT2D eigenvalue weighted by Gasteiger charge is 2.39. The number of amides is 2. The van der Waals surface area contributed by atoms with Crippen molar-refractivity contribution >= 4 is 17.9 Å². The van der Waals surface area contributed by atoms with Gasteiger partial charge in [0.1, 0.15) is 0 Å². The Kier molecular flexibility index (Phi) is 5.02. The number of aryl methyl sites for hydroxylation is 1. The monoisotopic (exact) mass is 330 g/mol. The Labute approximate surface area is 143 Å². The molecular formula is C18H26N4O2. The summed E-state index contributed by atoms with van der Waals surface area (Å²) < 4.78 is 1.72. The van der Waals surface area contributed by atoms with Gasteiger partial charge in [0.25, 0.3) is 0 Å². The molecule has 0 aromatic carbocycles. The Hall–Kier alpha value is -2.11. The molecule has 2 fully saturated rings. The molecule has 0 saturated carbocycles. The third-order valence-corrected chi connectivity index (χ3v) is 5.06. The van der Waals surface area contributed by atoms with Crippen LogP contribution in [-0.4, -0.2) is 57.1 Å². The van der Waals surface area contributed by atoms with E-state index in [0.717, 1.165) is 44.5 Å². The molecule has 0 aliphatic carbocycles. The number of hydrogen-bond donors (Lipinski definition) is 0. The van der Waals surface area contributed by atoms with E-state index in [0.29, 0.717) is 18.4 Å². The molecule has 130 valence electrons. The fourth-order valence-corrected chi connectivity index (χ4v) is 3.88. The van der Waals surface area contributed by atoms with Crippen molar-refractivity contribution in [1.82, 2.24) is 19.6 Å². The van der Waals surface area contributed by atoms with Crippen LogP contribution in [0.15, 0.2) is 18.5 Å². The number of likely N-dealkylation sites (tertiary alicyclic amines) is 2. The van der Waals surface area contributed by atoms with Crippen LogP contribution < -0.4 is 0 Å². The van der Waals surface area contributed by atoms with Gasteiger partial charge in [-0.05, 0) is 31.3 Å². The normalized spacial score (nSPS) is 24.5. The molecular weight excluding hydrogens is 304 g/mol. The van der Waals surface area contributed by atoms with Crippen LogP contribution in [0.1, 0.15) is 38.2 Å². The van der Waals surface area contributed by atoms with E-state index in [-0.39, 0.29) is 11.8 Å². The van der Waals surface area contributed by atoms with Crippen molar-refractivity contribution < 1.29 is 9.59 Å². The molecule has 24 heavy (non-hydrogen) atoms. The fraction of sp³-hybridized carbons (Fsp3) is 0.611. The summed E-state index contributed by atoms with van der Waals surface area (Å²) >= 11 is 0. The molecule has 0 N–H and O–H groups in total. The van der Waals surface area contributed by atoms with Crippen LogP contribution in [-0.2, 0) is 16.6 Å². The SMILES string of the molecule is CCCN1C(=O)CC[C@H]2CN(C(=O)C=Cc3cnn(C)c3)CC[C@H]21. The van der Waals surface area contributed by atoms with E-state index in [2.05, 4.69) is 16.9 Å². The molecule has 0 radical (unpaired) electrons. The third-order valence-electron chi connectivity index (χ3n) is 5.06. The number of carbonyl (C=O) groups excluding carboxylic acids is 2. The number of carbonyl (C=O) groups is 2. The van der Waals surface area contributed by atoms with Gasteiger partial charge in [0, 0.05) is 57.0 Å². The first kappa shape index (κ1) is 16.7. The minimum absolute atomic E-state index is 0.0521. The maximum absolute atomic E-state index is 12.5. The molecule has 1 aromatic heterocycles. The smallest absolute Gasteiger partial charge is 0.246 e. The zero-order valence-electron chi connectivity index (χ0n) is 14.5. The molecule has 1 aromatic rings. The van der Waals surface area contributed by atoms with Crippen molar-refractivity contribution in [1.29, 1.82) is 0 Å². The van der Waals surface area contributed by atoms with E-state index < -0.39 is 0 Å². The van der Waals surface area contributed by atoms with E-state index in [1.54, 1.807) is 17.0 Å². The lowest BCUT2D eigenvalue weighted by atomic mass is 9.83. The van der Waals surface area contributed by atoms with Crippen molar-refractivity contribution in [3.8, 4) is 0 Å². The number of aromatic nitrogens is 2. The van der Waals surface area contributed by atoms with Gasteiger partial charge in [-0.3, -0.25) is 14.3 Å². The fourth-order valence-electron chi connectivity index (χ4n) is 3.88. The van der Waals surface area contributed by atoms with Gasteiger partial charge in [-0.25, -0.2) is 0 Å². The molecule has 6 heteroatoms. The van der Waals surface area contributed by atoms with Crippen LogP contribution in [0.4, 0.5) is 0 Å². The Balaban J connectivity index is 1.61. The van der Waals surface area contributed by atoms with Crippen LogP contribution in [0.25, 0.3) is 6.08 Å². The molecule has 6 nitrogen and oxygen atoms in total. The van der Waals surface area contributed by atoms with Crippen LogP contribution in [0.2, 0.25) is 0 Å². The Morgan fingerprint density at radius 1 is 1.42 bits per heavy atom. The number of fused-ring (bicyclic) bond motifs is 1. The van der Waals surface area contributed by atoms with Crippen molar-refractivity contribution in [3.05, 3.63) is 24.0 Å². The first-order valence-electron chi connectivity index (χ1n) is 8.83. The largest absolute Gasteiger partial charge is 0.339 e. The predicted molar refractivity (Wildman–Crippen MR) is 92.0 cm³/mol. The molecule has 2 aliphatic heterocycles. The first-order valence-corrected chi connectivity index (χ1v) is 8.83. The minimum Gasteiger partial charge on any atom is -0.339 e. The Morgan fingerprint density at radius 2 is 2.25 bits per heavy atom. The van der Waals surface area contributed by atoms with Gasteiger partial charge in [0.05, 0.1) is 6.20 Å². The summed E-state index contributed by atoms with van der Waals surface area (Å²) in [6, 6.07) is 0.317. The number of hydrogen-bond acceptors (Lipinski definition) is 3. The average Bonchev–Trinajstić information content (AvgIpc) is 3.00. The standard InChI is InChI=1S/C18H26N4O2/c1-3-9-22-16-8-10-21(13-15(16)5-7-18(22)24)17(23)6-4-14-11-19-20(2)12-14/h4,6,11-12,15-16H,3,5,7-10,13H2,1-2H3/t15-,16+/m0/s1. The summed E-state index contributed by atoms with van der Waals surface area (Å²) in [6.07, 6.45) is 10.5. The van der Waals surface area contributed by atoms with Gasteiger partial charge in [-0.15, -0.1) is 0 Å². The number of piperidine rings is 2. The third kappa shape index (κ3) is 3.52. The lowest BCUT2D eigenvalue weighted by Crippen LogP contribution is -2.56. The van der Waals surface area contributed by atoms with Gasteiger partial charge in [0.2, 0.25) is 11.8 Å². The molecule has 0 unspecified atom stereocenters. The molecule has 2 saturated heterocycles. The Morgan fingerprint density at radius 3 is 2.96 bits per heavy atom. The summed E-state index contributed by atoms with van der Waals surface area (Å²) in [6.45, 7) is 4.44. The zero-order chi connectivity index (χ0) is 17.1. The summed E-state index contributed by atoms with van der Waals surface area (Å²) in [5.74, 6) is 0.754. The summed E-state index contributed by atoms with van der Waals surface area (Å²) in [5.41, 5.74) is 0.929. The lowest BCUT2D eigenvalue weighted by molar-refractivity contribution is -0.143. The predicted octanol–water partition coefficient (Wildman–Crippen LogP) is 1.68. The molecule has 2 atom stereocenters. The number of rotatable bonds is 4. The van der Waals surface area contributed by atoms with Crippen molar-refractivity contribution in [3.63, 3.8) is 0 Å².